The number of benzene rings is 1. The number of hydrogen-bond donors (Lipinski definition) is 1. The van der Waals surface area contributed by atoms with Gasteiger partial charge in [-0.2, -0.15) is 0 Å². The van der Waals surface area contributed by atoms with Gasteiger partial charge in [0, 0.05) is 13.1 Å². The first kappa shape index (κ1) is 9.85. The standard InChI is InChI=1S/C10H11N.C2H6.H2/c1-2-8-3-4-10-9(7-8)5-6-11-10;1-2;/h3-7,11H,2H2,1H3;1-2H3;1H. The molecule has 1 aromatic heterocycles. The normalized spacial score (nSPS) is 9.46. The van der Waals surface area contributed by atoms with Crippen molar-refractivity contribution in [2.45, 2.75) is 27.2 Å². The molecule has 1 nitrogen and oxygen atoms in total. The fourth-order valence-electron chi connectivity index (χ4n) is 1.32. The van der Waals surface area contributed by atoms with Crippen LogP contribution in [0.25, 0.3) is 10.9 Å². The molecule has 13 heavy (non-hydrogen) atoms. The van der Waals surface area contributed by atoms with E-state index in [1.165, 1.54) is 16.5 Å². The summed E-state index contributed by atoms with van der Waals surface area (Å²) in [4.78, 5) is 3.17. The molecule has 0 radical (unpaired) electrons. The second-order valence-corrected chi connectivity index (χ2v) is 2.75. The van der Waals surface area contributed by atoms with E-state index in [2.05, 4.69) is 36.2 Å². The second kappa shape index (κ2) is 4.70. The first-order valence-electron chi connectivity index (χ1n) is 4.96. The number of H-pyrrole nitrogens is 1. The molecular weight excluding hydrogens is 158 g/mol. The first-order chi connectivity index (χ1) is 6.40. The SMILES string of the molecule is CC.CCc1ccc2[nH]ccc2c1.[HH]. The maximum Gasteiger partial charge on any atom is 0.0454 e. The molecule has 1 heteroatoms. The van der Waals surface area contributed by atoms with Gasteiger partial charge in [-0.05, 0) is 35.6 Å². The predicted molar refractivity (Wildman–Crippen MR) is 61.1 cm³/mol. The molecule has 1 heterocycles. The number of aryl methyl sites for hydroxylation is 1. The molecule has 0 aliphatic heterocycles. The van der Waals surface area contributed by atoms with E-state index >= 15 is 0 Å². The molecule has 0 saturated heterocycles. The number of fused-ring (bicyclic) bond motifs is 1. The van der Waals surface area contributed by atoms with Crippen LogP contribution >= 0.6 is 0 Å². The Morgan fingerprint density at radius 2 is 2.00 bits per heavy atom. The van der Waals surface area contributed by atoms with Crippen LogP contribution < -0.4 is 0 Å². The van der Waals surface area contributed by atoms with Gasteiger partial charge in [-0.15, -0.1) is 0 Å². The Morgan fingerprint density at radius 1 is 1.23 bits per heavy atom. The van der Waals surface area contributed by atoms with Crippen molar-refractivity contribution in [3.8, 4) is 0 Å². The number of aromatic nitrogens is 1. The predicted octanol–water partition coefficient (Wildman–Crippen LogP) is 4.00. The Labute approximate surface area is 81.3 Å². The maximum absolute atomic E-state index is 3.17. The molecule has 0 aliphatic carbocycles. The zero-order chi connectivity index (χ0) is 9.68. The van der Waals surface area contributed by atoms with Crippen molar-refractivity contribution in [3.63, 3.8) is 0 Å². The van der Waals surface area contributed by atoms with Crippen LogP contribution in [0.15, 0.2) is 30.5 Å². The Bertz CT molecular complexity index is 365. The Hall–Kier alpha value is -1.24. The number of aromatic amines is 1. The molecule has 0 atom stereocenters. The lowest BCUT2D eigenvalue weighted by Gasteiger charge is -1.94. The van der Waals surface area contributed by atoms with Gasteiger partial charge in [-0.3, -0.25) is 0 Å². The van der Waals surface area contributed by atoms with Gasteiger partial charge in [0.2, 0.25) is 0 Å². The number of rotatable bonds is 1. The van der Waals surface area contributed by atoms with Crippen LogP contribution in [0.3, 0.4) is 0 Å². The average molecular weight is 177 g/mol. The van der Waals surface area contributed by atoms with E-state index in [1.807, 2.05) is 20.0 Å². The van der Waals surface area contributed by atoms with Crippen LogP contribution in [-0.2, 0) is 6.42 Å². The highest BCUT2D eigenvalue weighted by Gasteiger charge is 1.93. The van der Waals surface area contributed by atoms with Crippen LogP contribution in [0.4, 0.5) is 0 Å². The summed E-state index contributed by atoms with van der Waals surface area (Å²) in [6, 6.07) is 8.63. The van der Waals surface area contributed by atoms with E-state index < -0.39 is 0 Å². The fraction of sp³-hybridized carbons (Fsp3) is 0.333. The Morgan fingerprint density at radius 3 is 2.69 bits per heavy atom. The minimum atomic E-state index is 0. The van der Waals surface area contributed by atoms with Gasteiger partial charge in [0.05, 0.1) is 0 Å². The lowest BCUT2D eigenvalue weighted by atomic mass is 10.1. The molecule has 2 aromatic rings. The summed E-state index contributed by atoms with van der Waals surface area (Å²) >= 11 is 0. The molecule has 1 N–H and O–H groups in total. The molecule has 72 valence electrons. The average Bonchev–Trinajstić information content (AvgIpc) is 2.67. The van der Waals surface area contributed by atoms with E-state index in [9.17, 15) is 0 Å². The van der Waals surface area contributed by atoms with Gasteiger partial charge < -0.3 is 4.98 Å². The summed E-state index contributed by atoms with van der Waals surface area (Å²) in [5.41, 5.74) is 2.62. The summed E-state index contributed by atoms with van der Waals surface area (Å²) in [6.07, 6.45) is 3.09. The molecule has 0 fully saturated rings. The minimum Gasteiger partial charge on any atom is -0.361 e. The van der Waals surface area contributed by atoms with Crippen LogP contribution in [0.2, 0.25) is 0 Å². The fourth-order valence-corrected chi connectivity index (χ4v) is 1.32. The number of nitrogens with one attached hydrogen (secondary N) is 1. The highest BCUT2D eigenvalue weighted by molar-refractivity contribution is 5.79. The van der Waals surface area contributed by atoms with Crippen molar-refractivity contribution in [2.75, 3.05) is 0 Å². The summed E-state index contributed by atoms with van der Waals surface area (Å²) in [5, 5.41) is 1.31. The molecule has 2 rings (SSSR count). The monoisotopic (exact) mass is 177 g/mol. The second-order valence-electron chi connectivity index (χ2n) is 2.75. The third-order valence-electron chi connectivity index (χ3n) is 2.03. The topological polar surface area (TPSA) is 15.8 Å². The maximum atomic E-state index is 3.17. The largest absolute Gasteiger partial charge is 0.361 e. The third kappa shape index (κ3) is 2.11. The van der Waals surface area contributed by atoms with E-state index in [-0.39, 0.29) is 1.43 Å². The van der Waals surface area contributed by atoms with E-state index in [0.29, 0.717) is 0 Å². The van der Waals surface area contributed by atoms with Gasteiger partial charge in [0.15, 0.2) is 0 Å². The molecule has 1 aromatic carbocycles. The van der Waals surface area contributed by atoms with E-state index in [1.54, 1.807) is 0 Å². The van der Waals surface area contributed by atoms with Gasteiger partial charge in [0.25, 0.3) is 0 Å². The summed E-state index contributed by atoms with van der Waals surface area (Å²) < 4.78 is 0. The smallest absolute Gasteiger partial charge is 0.0454 e. The van der Waals surface area contributed by atoms with Gasteiger partial charge in [-0.1, -0.05) is 26.8 Å². The molecular formula is C12H19N. The van der Waals surface area contributed by atoms with Crippen LogP contribution in [0, 0.1) is 0 Å². The summed E-state index contributed by atoms with van der Waals surface area (Å²) in [5.74, 6) is 0. The van der Waals surface area contributed by atoms with Crippen molar-refractivity contribution in [1.29, 1.82) is 0 Å². The Balaban J connectivity index is 0.000000531. The highest BCUT2D eigenvalue weighted by Crippen LogP contribution is 2.14. The van der Waals surface area contributed by atoms with Crippen molar-refractivity contribution < 1.29 is 1.43 Å². The molecule has 0 spiro atoms. The first-order valence-corrected chi connectivity index (χ1v) is 4.96. The highest BCUT2D eigenvalue weighted by atomic mass is 14.7. The lowest BCUT2D eigenvalue weighted by molar-refractivity contribution is 1.15. The van der Waals surface area contributed by atoms with E-state index in [4.69, 9.17) is 0 Å². The third-order valence-corrected chi connectivity index (χ3v) is 2.03. The van der Waals surface area contributed by atoms with Crippen LogP contribution in [-0.4, -0.2) is 4.98 Å². The van der Waals surface area contributed by atoms with E-state index in [0.717, 1.165) is 6.42 Å². The lowest BCUT2D eigenvalue weighted by Crippen LogP contribution is -1.77. The molecule has 0 amide bonds. The molecule has 0 saturated carbocycles. The minimum absolute atomic E-state index is 0. The van der Waals surface area contributed by atoms with Crippen molar-refractivity contribution >= 4 is 10.9 Å². The summed E-state index contributed by atoms with van der Waals surface area (Å²) in [6.45, 7) is 6.17. The molecule has 0 bridgehead atoms. The molecule has 0 unspecified atom stereocenters. The van der Waals surface area contributed by atoms with Crippen molar-refractivity contribution in [3.05, 3.63) is 36.0 Å². The van der Waals surface area contributed by atoms with Gasteiger partial charge in [0.1, 0.15) is 0 Å². The van der Waals surface area contributed by atoms with Crippen LogP contribution in [0.5, 0.6) is 0 Å². The quantitative estimate of drug-likeness (QED) is 0.677. The van der Waals surface area contributed by atoms with Crippen LogP contribution in [0.1, 0.15) is 27.8 Å². The van der Waals surface area contributed by atoms with Gasteiger partial charge >= 0.3 is 0 Å². The number of hydrogen-bond acceptors (Lipinski definition) is 0. The zero-order valence-electron chi connectivity index (χ0n) is 8.59. The van der Waals surface area contributed by atoms with Gasteiger partial charge in [-0.25, -0.2) is 0 Å². The van der Waals surface area contributed by atoms with Crippen molar-refractivity contribution in [2.24, 2.45) is 0 Å². The zero-order valence-corrected chi connectivity index (χ0v) is 8.59. The molecule has 0 aliphatic rings. The summed E-state index contributed by atoms with van der Waals surface area (Å²) in [7, 11) is 0. The Kier molecular flexibility index (Phi) is 3.56. The van der Waals surface area contributed by atoms with Crippen molar-refractivity contribution in [1.82, 2.24) is 4.98 Å².